The van der Waals surface area contributed by atoms with Crippen LogP contribution in [0.25, 0.3) is 0 Å². The quantitative estimate of drug-likeness (QED) is 0.871. The summed E-state index contributed by atoms with van der Waals surface area (Å²) in [4.78, 5) is 25.8. The number of aromatic amines is 1. The lowest BCUT2D eigenvalue weighted by Crippen LogP contribution is -2.36. The van der Waals surface area contributed by atoms with E-state index in [4.69, 9.17) is 4.74 Å². The van der Waals surface area contributed by atoms with Crippen molar-refractivity contribution in [2.75, 3.05) is 13.2 Å². The molecule has 0 spiro atoms. The number of halogens is 2. The number of carbonyl (C=O) groups excluding carboxylic acids is 2. The summed E-state index contributed by atoms with van der Waals surface area (Å²) in [7, 11) is 0. The van der Waals surface area contributed by atoms with Crippen LogP contribution < -0.4 is 0 Å². The van der Waals surface area contributed by atoms with Gasteiger partial charge in [-0.05, 0) is 19.1 Å². The second-order valence-corrected chi connectivity index (χ2v) is 5.35. The van der Waals surface area contributed by atoms with Crippen molar-refractivity contribution in [3.8, 4) is 0 Å². The molecular formula is C16H15F2N3O3. The van der Waals surface area contributed by atoms with Gasteiger partial charge in [0.15, 0.2) is 5.69 Å². The molecular weight excluding hydrogens is 320 g/mol. The van der Waals surface area contributed by atoms with E-state index < -0.39 is 23.5 Å². The van der Waals surface area contributed by atoms with E-state index in [2.05, 4.69) is 10.2 Å². The SMILES string of the molecule is CCOC(=O)c1n[nH]c2c1CN(C(=O)c1ccc(F)cc1F)CC2. The van der Waals surface area contributed by atoms with Gasteiger partial charge in [0, 0.05) is 30.3 Å². The molecule has 0 bridgehead atoms. The fourth-order valence-corrected chi connectivity index (χ4v) is 2.67. The number of benzene rings is 1. The van der Waals surface area contributed by atoms with Gasteiger partial charge < -0.3 is 9.64 Å². The molecule has 1 aromatic heterocycles. The van der Waals surface area contributed by atoms with E-state index >= 15 is 0 Å². The Morgan fingerprint density at radius 3 is 2.88 bits per heavy atom. The Balaban J connectivity index is 1.85. The van der Waals surface area contributed by atoms with E-state index in [1.54, 1.807) is 6.92 Å². The number of aromatic nitrogens is 2. The van der Waals surface area contributed by atoms with Gasteiger partial charge in [-0.3, -0.25) is 9.89 Å². The lowest BCUT2D eigenvalue weighted by Gasteiger charge is -2.27. The predicted octanol–water partition coefficient (Wildman–Crippen LogP) is 2.06. The molecule has 0 radical (unpaired) electrons. The molecule has 1 N–H and O–H groups in total. The highest BCUT2D eigenvalue weighted by Gasteiger charge is 2.29. The Labute approximate surface area is 136 Å². The Hall–Kier alpha value is -2.77. The number of hydrogen-bond acceptors (Lipinski definition) is 4. The Morgan fingerprint density at radius 2 is 2.17 bits per heavy atom. The Morgan fingerprint density at radius 1 is 1.38 bits per heavy atom. The summed E-state index contributed by atoms with van der Waals surface area (Å²) in [6, 6.07) is 2.82. The average molecular weight is 335 g/mol. The molecule has 3 rings (SSSR count). The fraction of sp³-hybridized carbons (Fsp3) is 0.312. The van der Waals surface area contributed by atoms with Crippen molar-refractivity contribution in [3.05, 3.63) is 52.3 Å². The van der Waals surface area contributed by atoms with Gasteiger partial charge in [-0.15, -0.1) is 0 Å². The van der Waals surface area contributed by atoms with Crippen molar-refractivity contribution in [2.24, 2.45) is 0 Å². The molecule has 24 heavy (non-hydrogen) atoms. The molecule has 0 unspecified atom stereocenters. The minimum absolute atomic E-state index is 0.107. The Bertz CT molecular complexity index is 804. The standard InChI is InChI=1S/C16H15F2N3O3/c1-2-24-16(23)14-11-8-21(6-5-13(11)19-20-14)15(22)10-4-3-9(17)7-12(10)18/h3-4,7H,2,5-6,8H2,1H3,(H,19,20). The van der Waals surface area contributed by atoms with E-state index in [9.17, 15) is 18.4 Å². The molecule has 126 valence electrons. The number of ether oxygens (including phenoxy) is 1. The lowest BCUT2D eigenvalue weighted by molar-refractivity contribution is 0.0513. The van der Waals surface area contributed by atoms with Gasteiger partial charge >= 0.3 is 5.97 Å². The van der Waals surface area contributed by atoms with E-state index in [0.29, 0.717) is 24.6 Å². The average Bonchev–Trinajstić information content (AvgIpc) is 2.97. The summed E-state index contributed by atoms with van der Waals surface area (Å²) in [6.45, 7) is 2.34. The molecule has 6 nitrogen and oxygen atoms in total. The van der Waals surface area contributed by atoms with Gasteiger partial charge in [0.05, 0.1) is 18.7 Å². The third-order valence-corrected chi connectivity index (χ3v) is 3.85. The van der Waals surface area contributed by atoms with Crippen LogP contribution in [0, 0.1) is 11.6 Å². The monoisotopic (exact) mass is 335 g/mol. The highest BCUT2D eigenvalue weighted by molar-refractivity contribution is 5.95. The maximum atomic E-state index is 13.8. The zero-order chi connectivity index (χ0) is 17.3. The molecule has 0 atom stereocenters. The van der Waals surface area contributed by atoms with E-state index in [1.165, 1.54) is 4.90 Å². The van der Waals surface area contributed by atoms with E-state index in [1.807, 2.05) is 0 Å². The van der Waals surface area contributed by atoms with Gasteiger partial charge in [0.25, 0.3) is 5.91 Å². The zero-order valence-electron chi connectivity index (χ0n) is 12.9. The summed E-state index contributed by atoms with van der Waals surface area (Å²) in [5.74, 6) is -2.79. The van der Waals surface area contributed by atoms with Crippen molar-refractivity contribution in [1.82, 2.24) is 15.1 Å². The van der Waals surface area contributed by atoms with Crippen LogP contribution in [-0.2, 0) is 17.7 Å². The molecule has 0 aliphatic carbocycles. The van der Waals surface area contributed by atoms with Crippen LogP contribution in [-0.4, -0.2) is 40.1 Å². The lowest BCUT2D eigenvalue weighted by atomic mass is 10.0. The molecule has 1 aliphatic heterocycles. The number of H-pyrrole nitrogens is 1. The second kappa shape index (κ2) is 6.38. The molecule has 0 fully saturated rings. The van der Waals surface area contributed by atoms with E-state index in [-0.39, 0.29) is 24.4 Å². The van der Waals surface area contributed by atoms with Crippen LogP contribution in [0.2, 0.25) is 0 Å². The smallest absolute Gasteiger partial charge is 0.359 e. The van der Waals surface area contributed by atoms with Gasteiger partial charge in [-0.2, -0.15) is 5.10 Å². The minimum Gasteiger partial charge on any atom is -0.461 e. The predicted molar refractivity (Wildman–Crippen MR) is 79.3 cm³/mol. The summed E-state index contributed by atoms with van der Waals surface area (Å²) in [5, 5.41) is 6.72. The van der Waals surface area contributed by atoms with Gasteiger partial charge in [-0.25, -0.2) is 13.6 Å². The van der Waals surface area contributed by atoms with Crippen molar-refractivity contribution in [1.29, 1.82) is 0 Å². The maximum Gasteiger partial charge on any atom is 0.359 e. The number of carbonyl (C=O) groups is 2. The van der Waals surface area contributed by atoms with Crippen molar-refractivity contribution in [3.63, 3.8) is 0 Å². The number of nitrogens with zero attached hydrogens (tertiary/aromatic N) is 2. The van der Waals surface area contributed by atoms with Crippen LogP contribution in [0.5, 0.6) is 0 Å². The highest BCUT2D eigenvalue weighted by Crippen LogP contribution is 2.23. The maximum absolute atomic E-state index is 13.8. The largest absolute Gasteiger partial charge is 0.461 e. The third kappa shape index (κ3) is 2.86. The first-order chi connectivity index (χ1) is 11.5. The number of rotatable bonds is 3. The van der Waals surface area contributed by atoms with Crippen molar-refractivity contribution >= 4 is 11.9 Å². The number of nitrogens with one attached hydrogen (secondary N) is 1. The molecule has 0 saturated heterocycles. The van der Waals surface area contributed by atoms with Gasteiger partial charge in [0.1, 0.15) is 11.6 Å². The molecule has 2 heterocycles. The van der Waals surface area contributed by atoms with E-state index in [0.717, 1.165) is 17.8 Å². The number of hydrogen-bond donors (Lipinski definition) is 1. The summed E-state index contributed by atoms with van der Waals surface area (Å²) >= 11 is 0. The molecule has 1 aliphatic rings. The van der Waals surface area contributed by atoms with Crippen LogP contribution >= 0.6 is 0 Å². The summed E-state index contributed by atoms with van der Waals surface area (Å²) in [5.41, 5.74) is 1.24. The first-order valence-electron chi connectivity index (χ1n) is 7.48. The fourth-order valence-electron chi connectivity index (χ4n) is 2.67. The molecule has 1 amide bonds. The first kappa shape index (κ1) is 16.1. The van der Waals surface area contributed by atoms with Crippen LogP contribution in [0.4, 0.5) is 8.78 Å². The van der Waals surface area contributed by atoms with Crippen molar-refractivity contribution < 1.29 is 23.1 Å². The summed E-state index contributed by atoms with van der Waals surface area (Å²) in [6.07, 6.45) is 0.455. The minimum atomic E-state index is -0.913. The third-order valence-electron chi connectivity index (χ3n) is 3.85. The first-order valence-corrected chi connectivity index (χ1v) is 7.48. The number of fused-ring (bicyclic) bond motifs is 1. The van der Waals surface area contributed by atoms with Crippen molar-refractivity contribution in [2.45, 2.75) is 19.9 Å². The summed E-state index contributed by atoms with van der Waals surface area (Å²) < 4.78 is 31.8. The molecule has 8 heteroatoms. The van der Waals surface area contributed by atoms with Crippen LogP contribution in [0.3, 0.4) is 0 Å². The van der Waals surface area contributed by atoms with Gasteiger partial charge in [-0.1, -0.05) is 0 Å². The molecule has 1 aromatic carbocycles. The normalized spacial score (nSPS) is 13.5. The van der Waals surface area contributed by atoms with Crippen LogP contribution in [0.1, 0.15) is 39.0 Å². The van der Waals surface area contributed by atoms with Gasteiger partial charge in [0.2, 0.25) is 0 Å². The topological polar surface area (TPSA) is 75.3 Å². The zero-order valence-corrected chi connectivity index (χ0v) is 12.9. The highest BCUT2D eigenvalue weighted by atomic mass is 19.1. The second-order valence-electron chi connectivity index (χ2n) is 5.35. The Kier molecular flexibility index (Phi) is 4.28. The van der Waals surface area contributed by atoms with Crippen LogP contribution in [0.15, 0.2) is 18.2 Å². The number of amides is 1. The molecule has 2 aromatic rings. The number of esters is 1. The molecule has 0 saturated carbocycles.